The van der Waals surface area contributed by atoms with Crippen molar-refractivity contribution in [3.63, 3.8) is 0 Å². The molecule has 538 valence electrons. The maximum Gasteiger partial charge on any atom is 0.410 e. The molecule has 22 nitrogen and oxygen atoms in total. The number of piperidine rings is 2. The third-order valence-electron chi connectivity index (χ3n) is 19.7. The third kappa shape index (κ3) is 19.4. The fourth-order valence-electron chi connectivity index (χ4n) is 13.9. The maximum atomic E-state index is 12.9. The topological polar surface area (TPSA) is 262 Å². The number of ketones is 2. The van der Waals surface area contributed by atoms with Gasteiger partial charge >= 0.3 is 18.2 Å². The standard InChI is InChI=1S/C31H39N5O3.C26H31N5O.C24H26N4O4/c1-31(2,3)39-30(38)36-16-12-24(20-36)33-28-18-27(34-26-9-13-32-19-25(26)28)22-5-7-23(8-6-22)29(37)17-21-10-14-35(4)15-11-21;1-31-12-8-18(9-13-31)14-26(32)20-4-2-19(3-5-20)24-15-25(29-21-6-10-27-16-21)22-17-28-11-7-23(22)30-24;1-24(2,3)32-23(31)28-11-9-17(14-28)26-21-12-20(27-19-8-10-25-13-18(19)21)15-4-6-16(7-5-15)22(29)30/h5-9,13,18-19,21,24H,10-12,14-17,20H2,1-4H3,(H,33,34);2-5,7,11,15,17-18,21,27H,6,8-10,12-14,16H2,1H3,(H,29,30);4-8,10,12-13,17H,9,11,14H2,1-3H3,(H,26,27)(H,29,30). The van der Waals surface area contributed by atoms with Gasteiger partial charge in [0, 0.05) is 162 Å². The molecule has 0 aliphatic carbocycles. The van der Waals surface area contributed by atoms with Crippen molar-refractivity contribution < 1.29 is 38.6 Å². The highest BCUT2D eigenvalue weighted by Gasteiger charge is 2.33. The molecule has 0 radical (unpaired) electrons. The Kier molecular flexibility index (Phi) is 23.0. The monoisotopic (exact) mass is 1390 g/mol. The Morgan fingerprint density at radius 2 is 0.816 bits per heavy atom. The first-order chi connectivity index (χ1) is 49.5. The van der Waals surface area contributed by atoms with Crippen LogP contribution in [-0.4, -0.2) is 193 Å². The molecule has 5 fully saturated rings. The van der Waals surface area contributed by atoms with Crippen molar-refractivity contribution in [2.75, 3.05) is 95.5 Å². The number of benzene rings is 3. The number of amides is 2. The molecule has 11 heterocycles. The number of Topliss-reactive ketones (excluding diaryl/α,β-unsaturated/α-hetero) is 2. The number of aromatic carboxylic acids is 1. The van der Waals surface area contributed by atoms with Crippen molar-refractivity contribution >= 4 is 79.5 Å². The number of aromatic nitrogens is 6. The number of hydrogen-bond acceptors (Lipinski definition) is 19. The van der Waals surface area contributed by atoms with Gasteiger partial charge in [-0.3, -0.25) is 24.5 Å². The van der Waals surface area contributed by atoms with E-state index in [9.17, 15) is 24.0 Å². The van der Waals surface area contributed by atoms with Crippen molar-refractivity contribution in [1.82, 2.24) is 54.8 Å². The van der Waals surface area contributed by atoms with Crippen LogP contribution in [0, 0.1) is 11.8 Å². The second-order valence-corrected chi connectivity index (χ2v) is 30.1. The van der Waals surface area contributed by atoms with Crippen LogP contribution in [0.5, 0.6) is 0 Å². The Bertz CT molecular complexity index is 4460. The van der Waals surface area contributed by atoms with Crippen molar-refractivity contribution in [2.24, 2.45) is 11.8 Å². The van der Waals surface area contributed by atoms with E-state index in [-0.39, 0.29) is 41.4 Å². The molecule has 2 amide bonds. The van der Waals surface area contributed by atoms with E-state index < -0.39 is 17.2 Å². The lowest BCUT2D eigenvalue weighted by Crippen LogP contribution is -2.36. The first-order valence-electron chi connectivity index (χ1n) is 36.2. The lowest BCUT2D eigenvalue weighted by Gasteiger charge is -2.28. The minimum atomic E-state index is -0.966. The van der Waals surface area contributed by atoms with E-state index in [1.807, 2.05) is 133 Å². The van der Waals surface area contributed by atoms with Crippen LogP contribution in [0.3, 0.4) is 0 Å². The lowest BCUT2D eigenvalue weighted by atomic mass is 9.90. The summed E-state index contributed by atoms with van der Waals surface area (Å²) in [6.07, 6.45) is 18.5. The van der Waals surface area contributed by atoms with Crippen LogP contribution >= 0.6 is 0 Å². The Hall–Kier alpha value is -10.0. The third-order valence-corrected chi connectivity index (χ3v) is 19.7. The van der Waals surface area contributed by atoms with Crippen molar-refractivity contribution in [3.8, 4) is 33.8 Å². The number of fused-ring (bicyclic) bond motifs is 3. The highest BCUT2D eigenvalue weighted by atomic mass is 16.6. The summed E-state index contributed by atoms with van der Waals surface area (Å²) >= 11 is 0. The second kappa shape index (κ2) is 32.5. The van der Waals surface area contributed by atoms with Crippen LogP contribution in [0.25, 0.3) is 66.5 Å². The smallest absolute Gasteiger partial charge is 0.410 e. The average molecular weight is 1390 g/mol. The number of nitrogens with one attached hydrogen (secondary N) is 4. The zero-order valence-corrected chi connectivity index (χ0v) is 60.5. The summed E-state index contributed by atoms with van der Waals surface area (Å²) in [5, 5.41) is 26.3. The number of carbonyl (C=O) groups excluding carboxylic acids is 4. The van der Waals surface area contributed by atoms with Crippen molar-refractivity contribution in [1.29, 1.82) is 0 Å². The molecule has 0 bridgehead atoms. The number of hydrogen-bond donors (Lipinski definition) is 5. The fraction of sp³-hybridized carbons (Fsp3) is 0.420. The summed E-state index contributed by atoms with van der Waals surface area (Å²) in [6.45, 7) is 19.9. The van der Waals surface area contributed by atoms with E-state index in [0.717, 1.165) is 179 Å². The molecule has 5 aliphatic heterocycles. The van der Waals surface area contributed by atoms with Gasteiger partial charge in [-0.15, -0.1) is 0 Å². The van der Waals surface area contributed by atoms with Crippen molar-refractivity contribution in [2.45, 2.75) is 129 Å². The first-order valence-corrected chi connectivity index (χ1v) is 36.2. The van der Waals surface area contributed by atoms with Crippen LogP contribution in [0.1, 0.15) is 130 Å². The quantitative estimate of drug-likeness (QED) is 0.0563. The molecule has 3 unspecified atom stereocenters. The van der Waals surface area contributed by atoms with Gasteiger partial charge in [0.05, 0.1) is 39.2 Å². The van der Waals surface area contributed by atoms with E-state index in [0.29, 0.717) is 56.9 Å². The molecular formula is C81H96N14O8. The largest absolute Gasteiger partial charge is 0.478 e. The summed E-state index contributed by atoms with van der Waals surface area (Å²) in [4.78, 5) is 97.3. The molecule has 5 saturated heterocycles. The van der Waals surface area contributed by atoms with Gasteiger partial charge in [0.25, 0.3) is 0 Å². The van der Waals surface area contributed by atoms with E-state index in [1.165, 1.54) is 0 Å². The van der Waals surface area contributed by atoms with Gasteiger partial charge in [-0.25, -0.2) is 29.3 Å². The van der Waals surface area contributed by atoms with E-state index >= 15 is 0 Å². The van der Waals surface area contributed by atoms with Gasteiger partial charge in [-0.2, -0.15) is 0 Å². The molecule has 5 aliphatic rings. The molecule has 6 aromatic heterocycles. The van der Waals surface area contributed by atoms with Gasteiger partial charge in [0.2, 0.25) is 0 Å². The van der Waals surface area contributed by atoms with Gasteiger partial charge in [-0.1, -0.05) is 60.7 Å². The van der Waals surface area contributed by atoms with E-state index in [4.69, 9.17) is 29.5 Å². The molecular weight excluding hydrogens is 1300 g/mol. The van der Waals surface area contributed by atoms with Crippen LogP contribution in [0.2, 0.25) is 0 Å². The number of anilines is 3. The number of ether oxygens (including phenoxy) is 2. The number of rotatable bonds is 16. The molecule has 3 aromatic carbocycles. The number of pyridine rings is 6. The number of carboxylic acids is 1. The van der Waals surface area contributed by atoms with Crippen LogP contribution in [0.4, 0.5) is 26.7 Å². The number of likely N-dealkylation sites (tertiary alicyclic amines) is 4. The zero-order valence-electron chi connectivity index (χ0n) is 60.5. The predicted molar refractivity (Wildman–Crippen MR) is 405 cm³/mol. The number of nitrogens with zero attached hydrogens (tertiary/aromatic N) is 10. The molecule has 9 aromatic rings. The fourth-order valence-corrected chi connectivity index (χ4v) is 13.9. The van der Waals surface area contributed by atoms with Gasteiger partial charge in [-0.05, 0) is 194 Å². The highest BCUT2D eigenvalue weighted by molar-refractivity contribution is 5.99. The molecule has 0 saturated carbocycles. The van der Waals surface area contributed by atoms with Crippen LogP contribution in [-0.2, 0) is 9.47 Å². The van der Waals surface area contributed by atoms with Crippen molar-refractivity contribution in [3.05, 3.63) is 163 Å². The Balaban J connectivity index is 0.000000147. The SMILES string of the molecule is CC(C)(C)OC(=O)N1CCC(Nc2cc(-c3ccc(C(=O)O)cc3)nc3ccncc23)C1.CN1CCC(CC(=O)c2ccc(-c3cc(NC4CCN(C(=O)OC(C)(C)C)C4)c4cnccc4n3)cc2)CC1.CN1CCC(CC(=O)c2ccc(-c3cc(NC4CCNC4)c4cnccc4n3)cc2)CC1. The zero-order chi connectivity index (χ0) is 72.4. The molecule has 22 heteroatoms. The Labute approximate surface area is 602 Å². The summed E-state index contributed by atoms with van der Waals surface area (Å²) < 4.78 is 11.0. The van der Waals surface area contributed by atoms with Crippen LogP contribution < -0.4 is 21.3 Å². The number of carboxylic acid groups (broad SMARTS) is 1. The summed E-state index contributed by atoms with van der Waals surface area (Å²) in [7, 11) is 4.29. The summed E-state index contributed by atoms with van der Waals surface area (Å²) in [5.74, 6) is 0.478. The minimum absolute atomic E-state index is 0.0653. The average Bonchev–Trinajstić information content (AvgIpc) is 1.25. The number of carbonyl (C=O) groups is 5. The van der Waals surface area contributed by atoms with Crippen LogP contribution in [0.15, 0.2) is 146 Å². The second-order valence-electron chi connectivity index (χ2n) is 30.1. The van der Waals surface area contributed by atoms with Gasteiger partial charge in [0.1, 0.15) is 11.2 Å². The summed E-state index contributed by atoms with van der Waals surface area (Å²) in [6, 6.07) is 34.8. The molecule has 3 atom stereocenters. The Morgan fingerprint density at radius 1 is 0.466 bits per heavy atom. The normalized spacial score (nSPS) is 18.4. The van der Waals surface area contributed by atoms with E-state index in [1.54, 1.807) is 58.9 Å². The maximum absolute atomic E-state index is 12.9. The molecule has 0 spiro atoms. The summed E-state index contributed by atoms with van der Waals surface area (Å²) in [5.41, 5.74) is 11.4. The molecule has 5 N–H and O–H groups in total. The predicted octanol–water partition coefficient (Wildman–Crippen LogP) is 14.0. The lowest BCUT2D eigenvalue weighted by molar-refractivity contribution is 0.0283. The first kappa shape index (κ1) is 72.7. The van der Waals surface area contributed by atoms with Gasteiger partial charge < -0.3 is 55.4 Å². The molecule has 14 rings (SSSR count). The highest BCUT2D eigenvalue weighted by Crippen LogP contribution is 2.35. The minimum Gasteiger partial charge on any atom is -0.478 e. The van der Waals surface area contributed by atoms with E-state index in [2.05, 4.69) is 66.2 Å². The Morgan fingerprint density at radius 3 is 1.15 bits per heavy atom. The van der Waals surface area contributed by atoms with Gasteiger partial charge in [0.15, 0.2) is 11.6 Å². The molecule has 103 heavy (non-hydrogen) atoms.